The molecule has 2 amide bonds. The summed E-state index contributed by atoms with van der Waals surface area (Å²) >= 11 is 3.38. The standard InChI is InChI=1S/C12H16BrN3O2/c1-2-3-16-7-8(13)4-10(16)12(18)15-9-5-11(17)14-6-9/h4,7,9H,2-3,5-6H2,1H3,(H,14,17)(H,15,18). The van der Waals surface area contributed by atoms with Gasteiger partial charge in [0.2, 0.25) is 5.91 Å². The summed E-state index contributed by atoms with van der Waals surface area (Å²) in [4.78, 5) is 23.2. The fourth-order valence-electron chi connectivity index (χ4n) is 2.06. The second-order valence-corrected chi connectivity index (χ2v) is 5.33. The summed E-state index contributed by atoms with van der Waals surface area (Å²) in [6, 6.07) is 1.70. The number of carbonyl (C=O) groups excluding carboxylic acids is 2. The number of rotatable bonds is 4. The third kappa shape index (κ3) is 2.93. The highest BCUT2D eigenvalue weighted by Crippen LogP contribution is 2.16. The lowest BCUT2D eigenvalue weighted by Gasteiger charge is -2.12. The number of aryl methyl sites for hydroxylation is 1. The molecule has 0 aromatic carbocycles. The van der Waals surface area contributed by atoms with Gasteiger partial charge in [0.05, 0.1) is 6.04 Å². The van der Waals surface area contributed by atoms with Gasteiger partial charge in [-0.25, -0.2) is 0 Å². The van der Waals surface area contributed by atoms with Crippen LogP contribution in [-0.4, -0.2) is 29.0 Å². The summed E-state index contributed by atoms with van der Waals surface area (Å²) in [5, 5.41) is 5.58. The maximum Gasteiger partial charge on any atom is 0.268 e. The van der Waals surface area contributed by atoms with Crippen LogP contribution >= 0.6 is 15.9 Å². The first kappa shape index (κ1) is 13.1. The molecule has 1 atom stereocenters. The first-order valence-electron chi connectivity index (χ1n) is 6.03. The molecule has 0 aliphatic carbocycles. The van der Waals surface area contributed by atoms with E-state index >= 15 is 0 Å². The van der Waals surface area contributed by atoms with Crippen molar-refractivity contribution in [3.63, 3.8) is 0 Å². The molecule has 1 fully saturated rings. The van der Waals surface area contributed by atoms with E-state index in [9.17, 15) is 9.59 Å². The predicted molar refractivity (Wildman–Crippen MR) is 71.3 cm³/mol. The van der Waals surface area contributed by atoms with E-state index in [1.165, 1.54) is 0 Å². The fraction of sp³-hybridized carbons (Fsp3) is 0.500. The number of hydrogen-bond donors (Lipinski definition) is 2. The van der Waals surface area contributed by atoms with Crippen molar-refractivity contribution in [2.75, 3.05) is 6.54 Å². The SMILES string of the molecule is CCCn1cc(Br)cc1C(=O)NC1CNC(=O)C1. The van der Waals surface area contributed by atoms with Crippen molar-refractivity contribution in [2.24, 2.45) is 0 Å². The van der Waals surface area contributed by atoms with E-state index in [1.54, 1.807) is 6.07 Å². The molecular weight excluding hydrogens is 298 g/mol. The van der Waals surface area contributed by atoms with Gasteiger partial charge < -0.3 is 15.2 Å². The van der Waals surface area contributed by atoms with Gasteiger partial charge in [-0.1, -0.05) is 6.92 Å². The highest BCUT2D eigenvalue weighted by atomic mass is 79.9. The van der Waals surface area contributed by atoms with E-state index in [1.807, 2.05) is 10.8 Å². The fourth-order valence-corrected chi connectivity index (χ4v) is 2.52. The van der Waals surface area contributed by atoms with E-state index in [-0.39, 0.29) is 17.9 Å². The van der Waals surface area contributed by atoms with Crippen LogP contribution in [0.25, 0.3) is 0 Å². The van der Waals surface area contributed by atoms with Gasteiger partial charge in [0.25, 0.3) is 5.91 Å². The Kier molecular flexibility index (Phi) is 4.06. The zero-order valence-corrected chi connectivity index (χ0v) is 11.8. The largest absolute Gasteiger partial charge is 0.354 e. The minimum atomic E-state index is -0.129. The molecule has 6 heteroatoms. The van der Waals surface area contributed by atoms with E-state index in [2.05, 4.69) is 33.5 Å². The topological polar surface area (TPSA) is 63.1 Å². The first-order valence-corrected chi connectivity index (χ1v) is 6.82. The third-order valence-corrected chi connectivity index (χ3v) is 3.31. The molecule has 0 spiro atoms. The Bertz CT molecular complexity index is 470. The molecule has 1 unspecified atom stereocenters. The van der Waals surface area contributed by atoms with Crippen LogP contribution in [-0.2, 0) is 11.3 Å². The monoisotopic (exact) mass is 313 g/mol. The minimum Gasteiger partial charge on any atom is -0.354 e. The lowest BCUT2D eigenvalue weighted by molar-refractivity contribution is -0.119. The molecule has 1 aliphatic heterocycles. The Morgan fingerprint density at radius 3 is 3.06 bits per heavy atom. The Hall–Kier alpha value is -1.30. The van der Waals surface area contributed by atoms with Gasteiger partial charge in [0.1, 0.15) is 5.69 Å². The quantitative estimate of drug-likeness (QED) is 0.879. The molecule has 2 N–H and O–H groups in total. The molecule has 98 valence electrons. The van der Waals surface area contributed by atoms with Gasteiger partial charge in [0, 0.05) is 30.2 Å². The number of halogens is 1. The number of carbonyl (C=O) groups is 2. The molecule has 2 rings (SSSR count). The highest BCUT2D eigenvalue weighted by molar-refractivity contribution is 9.10. The lowest BCUT2D eigenvalue weighted by Crippen LogP contribution is -2.37. The van der Waals surface area contributed by atoms with Crippen molar-refractivity contribution in [2.45, 2.75) is 32.4 Å². The van der Waals surface area contributed by atoms with Crippen molar-refractivity contribution in [3.8, 4) is 0 Å². The molecule has 0 radical (unpaired) electrons. The van der Waals surface area contributed by atoms with Crippen LogP contribution in [0, 0.1) is 0 Å². The number of nitrogens with one attached hydrogen (secondary N) is 2. The minimum absolute atomic E-state index is 0.00887. The molecular formula is C12H16BrN3O2. The second kappa shape index (κ2) is 5.56. The van der Waals surface area contributed by atoms with Crippen LogP contribution in [0.3, 0.4) is 0 Å². The number of aromatic nitrogens is 1. The highest BCUT2D eigenvalue weighted by Gasteiger charge is 2.24. The van der Waals surface area contributed by atoms with Gasteiger partial charge in [-0.15, -0.1) is 0 Å². The summed E-state index contributed by atoms with van der Waals surface area (Å²) in [5.41, 5.74) is 0.628. The van der Waals surface area contributed by atoms with Crippen molar-refractivity contribution in [1.82, 2.24) is 15.2 Å². The molecule has 1 aromatic heterocycles. The third-order valence-electron chi connectivity index (χ3n) is 2.87. The van der Waals surface area contributed by atoms with Crippen molar-refractivity contribution >= 4 is 27.7 Å². The van der Waals surface area contributed by atoms with E-state index in [4.69, 9.17) is 0 Å². The van der Waals surface area contributed by atoms with E-state index in [0.717, 1.165) is 17.4 Å². The molecule has 0 bridgehead atoms. The molecule has 0 saturated carbocycles. The van der Waals surface area contributed by atoms with Crippen molar-refractivity contribution in [1.29, 1.82) is 0 Å². The van der Waals surface area contributed by atoms with Gasteiger partial charge in [-0.3, -0.25) is 9.59 Å². The summed E-state index contributed by atoms with van der Waals surface area (Å²) < 4.78 is 2.81. The first-order chi connectivity index (χ1) is 8.60. The Labute approximate surface area is 114 Å². The van der Waals surface area contributed by atoms with Gasteiger partial charge >= 0.3 is 0 Å². The summed E-state index contributed by atoms with van der Waals surface area (Å²) in [6.45, 7) is 3.38. The van der Waals surface area contributed by atoms with Crippen molar-refractivity contribution < 1.29 is 9.59 Å². The van der Waals surface area contributed by atoms with Gasteiger partial charge in [-0.05, 0) is 28.4 Å². The van der Waals surface area contributed by atoms with Crippen LogP contribution in [0.15, 0.2) is 16.7 Å². The second-order valence-electron chi connectivity index (χ2n) is 4.42. The molecule has 1 aliphatic rings. The molecule has 1 saturated heterocycles. The Morgan fingerprint density at radius 2 is 2.44 bits per heavy atom. The number of hydrogen-bond acceptors (Lipinski definition) is 2. The average Bonchev–Trinajstić information content (AvgIpc) is 2.86. The molecule has 1 aromatic rings. The van der Waals surface area contributed by atoms with E-state index < -0.39 is 0 Å². The molecule has 5 nitrogen and oxygen atoms in total. The van der Waals surface area contributed by atoms with Crippen LogP contribution in [0.1, 0.15) is 30.3 Å². The summed E-state index contributed by atoms with van der Waals surface area (Å²) in [7, 11) is 0. The normalized spacial score (nSPS) is 18.8. The maximum absolute atomic E-state index is 12.1. The van der Waals surface area contributed by atoms with Crippen LogP contribution < -0.4 is 10.6 Å². The van der Waals surface area contributed by atoms with Crippen molar-refractivity contribution in [3.05, 3.63) is 22.4 Å². The van der Waals surface area contributed by atoms with Crippen LogP contribution in [0.4, 0.5) is 0 Å². The van der Waals surface area contributed by atoms with E-state index in [0.29, 0.717) is 18.7 Å². The van der Waals surface area contributed by atoms with Gasteiger partial charge in [-0.2, -0.15) is 0 Å². The molecule has 2 heterocycles. The smallest absolute Gasteiger partial charge is 0.268 e. The number of amides is 2. The lowest BCUT2D eigenvalue weighted by atomic mass is 10.2. The Morgan fingerprint density at radius 1 is 1.67 bits per heavy atom. The predicted octanol–water partition coefficient (Wildman–Crippen LogP) is 1.28. The van der Waals surface area contributed by atoms with Crippen LogP contribution in [0.2, 0.25) is 0 Å². The van der Waals surface area contributed by atoms with Gasteiger partial charge in [0.15, 0.2) is 0 Å². The maximum atomic E-state index is 12.1. The van der Waals surface area contributed by atoms with Crippen LogP contribution in [0.5, 0.6) is 0 Å². The summed E-state index contributed by atoms with van der Waals surface area (Å²) in [6.07, 6.45) is 3.22. The number of nitrogens with zero attached hydrogens (tertiary/aromatic N) is 1. The Balaban J connectivity index is 2.06. The zero-order chi connectivity index (χ0) is 13.1. The average molecular weight is 314 g/mol. The molecule has 18 heavy (non-hydrogen) atoms. The summed E-state index contributed by atoms with van der Waals surface area (Å²) in [5.74, 6) is -0.138. The zero-order valence-electron chi connectivity index (χ0n) is 10.2.